The van der Waals surface area contributed by atoms with E-state index >= 15 is 0 Å². The Hall–Kier alpha value is -2.28. The Morgan fingerprint density at radius 1 is 1.17 bits per heavy atom. The SMILES string of the molecule is CCN(CC)CCN1C(=O)CC[C@@H]2CN(C(=O)Cc3ccc4c(c3)OCO4)CC[C@@H]21. The number of fused-ring (bicyclic) bond motifs is 2. The Balaban J connectivity index is 1.35. The van der Waals surface area contributed by atoms with Crippen molar-refractivity contribution in [3.05, 3.63) is 23.8 Å². The number of carbonyl (C=O) groups is 2. The maximum atomic E-state index is 12.9. The first-order chi connectivity index (χ1) is 14.6. The molecule has 7 heteroatoms. The second-order valence-electron chi connectivity index (χ2n) is 8.47. The number of benzene rings is 1. The number of hydrogen-bond donors (Lipinski definition) is 0. The van der Waals surface area contributed by atoms with E-state index in [9.17, 15) is 9.59 Å². The number of carbonyl (C=O) groups excluding carboxylic acids is 2. The molecule has 0 saturated carbocycles. The molecule has 7 nitrogen and oxygen atoms in total. The number of hydrogen-bond acceptors (Lipinski definition) is 5. The van der Waals surface area contributed by atoms with E-state index in [1.807, 2.05) is 23.1 Å². The summed E-state index contributed by atoms with van der Waals surface area (Å²) in [7, 11) is 0. The van der Waals surface area contributed by atoms with E-state index < -0.39 is 0 Å². The Morgan fingerprint density at radius 2 is 1.97 bits per heavy atom. The maximum absolute atomic E-state index is 12.9. The van der Waals surface area contributed by atoms with Crippen LogP contribution in [0.4, 0.5) is 0 Å². The van der Waals surface area contributed by atoms with E-state index in [-0.39, 0.29) is 24.6 Å². The molecule has 4 rings (SSSR count). The van der Waals surface area contributed by atoms with Gasteiger partial charge in [-0.05, 0) is 49.5 Å². The Labute approximate surface area is 178 Å². The van der Waals surface area contributed by atoms with Crippen molar-refractivity contribution < 1.29 is 19.1 Å². The molecular formula is C23H33N3O4. The van der Waals surface area contributed by atoms with Gasteiger partial charge in [0.25, 0.3) is 0 Å². The summed E-state index contributed by atoms with van der Waals surface area (Å²) in [6, 6.07) is 5.99. The van der Waals surface area contributed by atoms with Gasteiger partial charge in [-0.15, -0.1) is 0 Å². The third kappa shape index (κ3) is 4.41. The molecule has 2 saturated heterocycles. The van der Waals surface area contributed by atoms with Crippen LogP contribution < -0.4 is 9.47 Å². The second-order valence-corrected chi connectivity index (χ2v) is 8.47. The molecule has 0 aliphatic carbocycles. The van der Waals surface area contributed by atoms with Crippen molar-refractivity contribution in [1.82, 2.24) is 14.7 Å². The van der Waals surface area contributed by atoms with Crippen LogP contribution in [0.5, 0.6) is 11.5 Å². The molecule has 0 unspecified atom stereocenters. The zero-order valence-corrected chi connectivity index (χ0v) is 18.1. The fourth-order valence-electron chi connectivity index (χ4n) is 4.99. The summed E-state index contributed by atoms with van der Waals surface area (Å²) >= 11 is 0. The fraction of sp³-hybridized carbons (Fsp3) is 0.652. The predicted molar refractivity (Wildman–Crippen MR) is 113 cm³/mol. The van der Waals surface area contributed by atoms with Crippen LogP contribution >= 0.6 is 0 Å². The summed E-state index contributed by atoms with van der Waals surface area (Å²) in [5.74, 6) is 2.27. The van der Waals surface area contributed by atoms with Gasteiger partial charge in [0.1, 0.15) is 0 Å². The van der Waals surface area contributed by atoms with Gasteiger partial charge in [0.15, 0.2) is 11.5 Å². The quantitative estimate of drug-likeness (QED) is 0.683. The van der Waals surface area contributed by atoms with Crippen LogP contribution in [0.1, 0.15) is 38.7 Å². The van der Waals surface area contributed by atoms with Gasteiger partial charge in [-0.3, -0.25) is 9.59 Å². The van der Waals surface area contributed by atoms with Gasteiger partial charge in [-0.1, -0.05) is 19.9 Å². The topological polar surface area (TPSA) is 62.3 Å². The lowest BCUT2D eigenvalue weighted by Crippen LogP contribution is -2.58. The maximum Gasteiger partial charge on any atom is 0.231 e. The Kier molecular flexibility index (Phi) is 6.46. The van der Waals surface area contributed by atoms with Gasteiger partial charge in [0.05, 0.1) is 6.42 Å². The lowest BCUT2D eigenvalue weighted by Gasteiger charge is -2.47. The third-order valence-corrected chi connectivity index (χ3v) is 6.84. The lowest BCUT2D eigenvalue weighted by molar-refractivity contribution is -0.144. The van der Waals surface area contributed by atoms with E-state index in [1.165, 1.54) is 0 Å². The number of nitrogens with zero attached hydrogens (tertiary/aromatic N) is 3. The average Bonchev–Trinajstić information content (AvgIpc) is 3.23. The van der Waals surface area contributed by atoms with Crippen molar-refractivity contribution in [2.45, 2.75) is 45.6 Å². The van der Waals surface area contributed by atoms with Crippen molar-refractivity contribution in [2.75, 3.05) is 46.1 Å². The molecule has 1 aromatic carbocycles. The molecule has 3 heterocycles. The van der Waals surface area contributed by atoms with E-state index in [4.69, 9.17) is 9.47 Å². The number of likely N-dealkylation sites (N-methyl/N-ethyl adjacent to an activating group) is 1. The fourth-order valence-corrected chi connectivity index (χ4v) is 4.99. The summed E-state index contributed by atoms with van der Waals surface area (Å²) in [5, 5.41) is 0. The van der Waals surface area contributed by atoms with Crippen molar-refractivity contribution in [2.24, 2.45) is 5.92 Å². The van der Waals surface area contributed by atoms with Gasteiger partial charge in [-0.25, -0.2) is 0 Å². The first-order valence-corrected chi connectivity index (χ1v) is 11.3. The molecule has 0 aromatic heterocycles. The molecule has 2 atom stereocenters. The van der Waals surface area contributed by atoms with Gasteiger partial charge in [-0.2, -0.15) is 0 Å². The molecule has 30 heavy (non-hydrogen) atoms. The standard InChI is InChI=1S/C23H33N3O4/c1-3-24(4-2)11-12-26-19-9-10-25(15-18(19)6-8-22(26)27)23(28)14-17-5-7-20-21(13-17)30-16-29-20/h5,7,13,18-19H,3-4,6,8-12,14-16H2,1-2H3/t18-,19+/m1/s1. The van der Waals surface area contributed by atoms with Crippen LogP contribution in [0.15, 0.2) is 18.2 Å². The molecule has 164 valence electrons. The van der Waals surface area contributed by atoms with Gasteiger partial charge >= 0.3 is 0 Å². The highest BCUT2D eigenvalue weighted by molar-refractivity contribution is 5.80. The highest BCUT2D eigenvalue weighted by atomic mass is 16.7. The van der Waals surface area contributed by atoms with Crippen LogP contribution in [0.25, 0.3) is 0 Å². The van der Waals surface area contributed by atoms with E-state index in [0.717, 1.165) is 63.4 Å². The van der Waals surface area contributed by atoms with E-state index in [2.05, 4.69) is 23.6 Å². The number of likely N-dealkylation sites (tertiary alicyclic amines) is 2. The first kappa shape index (κ1) is 21.0. The molecule has 0 radical (unpaired) electrons. The van der Waals surface area contributed by atoms with Gasteiger partial charge in [0, 0.05) is 38.6 Å². The van der Waals surface area contributed by atoms with Crippen molar-refractivity contribution in [1.29, 1.82) is 0 Å². The minimum absolute atomic E-state index is 0.152. The molecule has 2 fully saturated rings. The van der Waals surface area contributed by atoms with Gasteiger partial charge < -0.3 is 24.2 Å². The summed E-state index contributed by atoms with van der Waals surface area (Å²) in [5.41, 5.74) is 0.950. The highest BCUT2D eigenvalue weighted by Gasteiger charge is 2.40. The number of amides is 2. The normalized spacial score (nSPS) is 23.1. The summed E-state index contributed by atoms with van der Waals surface area (Å²) in [6.07, 6.45) is 2.74. The van der Waals surface area contributed by atoms with Gasteiger partial charge in [0.2, 0.25) is 18.6 Å². The number of piperidine rings is 2. The molecule has 3 aliphatic rings. The largest absolute Gasteiger partial charge is 0.454 e. The summed E-state index contributed by atoms with van der Waals surface area (Å²) < 4.78 is 10.8. The number of rotatable bonds is 7. The summed E-state index contributed by atoms with van der Waals surface area (Å²) in [4.78, 5) is 32.0. The highest BCUT2D eigenvalue weighted by Crippen LogP contribution is 2.34. The third-order valence-electron chi connectivity index (χ3n) is 6.84. The van der Waals surface area contributed by atoms with Crippen LogP contribution in [0.3, 0.4) is 0 Å². The smallest absolute Gasteiger partial charge is 0.231 e. The molecule has 0 N–H and O–H groups in total. The Morgan fingerprint density at radius 3 is 2.77 bits per heavy atom. The first-order valence-electron chi connectivity index (χ1n) is 11.3. The monoisotopic (exact) mass is 415 g/mol. The van der Waals surface area contributed by atoms with Crippen LogP contribution in [0.2, 0.25) is 0 Å². The molecule has 0 bridgehead atoms. The minimum atomic E-state index is 0.152. The molecule has 1 aromatic rings. The molecule has 2 amide bonds. The molecular weight excluding hydrogens is 382 g/mol. The van der Waals surface area contributed by atoms with Crippen molar-refractivity contribution >= 4 is 11.8 Å². The second kappa shape index (κ2) is 9.25. The zero-order chi connectivity index (χ0) is 21.1. The zero-order valence-electron chi connectivity index (χ0n) is 18.1. The van der Waals surface area contributed by atoms with Crippen molar-refractivity contribution in [3.63, 3.8) is 0 Å². The van der Waals surface area contributed by atoms with Crippen LogP contribution in [-0.2, 0) is 16.0 Å². The number of ether oxygens (including phenoxy) is 2. The van der Waals surface area contributed by atoms with E-state index in [1.54, 1.807) is 0 Å². The predicted octanol–water partition coefficient (Wildman–Crippen LogP) is 2.14. The average molecular weight is 416 g/mol. The lowest BCUT2D eigenvalue weighted by atomic mass is 9.83. The van der Waals surface area contributed by atoms with Crippen LogP contribution in [-0.4, -0.2) is 78.6 Å². The van der Waals surface area contributed by atoms with Crippen LogP contribution in [0, 0.1) is 5.92 Å². The summed E-state index contributed by atoms with van der Waals surface area (Å²) in [6.45, 7) is 9.78. The van der Waals surface area contributed by atoms with E-state index in [0.29, 0.717) is 24.5 Å². The molecule has 3 aliphatic heterocycles. The molecule has 0 spiro atoms. The van der Waals surface area contributed by atoms with Crippen molar-refractivity contribution in [3.8, 4) is 11.5 Å². The Bertz CT molecular complexity index is 780. The minimum Gasteiger partial charge on any atom is -0.454 e.